The van der Waals surface area contributed by atoms with Crippen molar-refractivity contribution in [1.82, 2.24) is 0 Å². The summed E-state index contributed by atoms with van der Waals surface area (Å²) in [6.07, 6.45) is 10.3. The van der Waals surface area contributed by atoms with Crippen molar-refractivity contribution in [1.29, 1.82) is 0 Å². The summed E-state index contributed by atoms with van der Waals surface area (Å²) in [6, 6.07) is 9.24. The van der Waals surface area contributed by atoms with Crippen LogP contribution in [-0.4, -0.2) is 0 Å². The second-order valence-corrected chi connectivity index (χ2v) is 5.87. The maximum atomic E-state index is 2.42. The predicted molar refractivity (Wildman–Crippen MR) is 62.0 cm³/mol. The maximum absolute atomic E-state index is 2.42. The molecule has 0 aromatic heterocycles. The largest absolute Gasteiger partial charge is 0.0620 e. The lowest BCUT2D eigenvalue weighted by Gasteiger charge is -2.52. The van der Waals surface area contributed by atoms with E-state index in [-0.39, 0.29) is 0 Å². The molecule has 0 N–H and O–H groups in total. The first-order chi connectivity index (χ1) is 7.36. The van der Waals surface area contributed by atoms with Crippen molar-refractivity contribution in [3.63, 3.8) is 0 Å². The first kappa shape index (κ1) is 8.38. The lowest BCUT2D eigenvalue weighted by atomic mass is 9.52. The monoisotopic (exact) mass is 198 g/mol. The molecule has 0 bridgehead atoms. The van der Waals surface area contributed by atoms with Gasteiger partial charge in [-0.15, -0.1) is 0 Å². The summed E-state index contributed by atoms with van der Waals surface area (Å²) >= 11 is 0. The van der Waals surface area contributed by atoms with Crippen molar-refractivity contribution in [2.75, 3.05) is 0 Å². The minimum Gasteiger partial charge on any atom is -0.0620 e. The summed E-state index contributed by atoms with van der Waals surface area (Å²) in [5.41, 5.74) is 4.80. The Morgan fingerprint density at radius 3 is 2.33 bits per heavy atom. The fourth-order valence-electron chi connectivity index (χ4n) is 4.36. The Labute approximate surface area is 91.7 Å². The molecule has 0 amide bonds. The number of benzene rings is 1. The van der Waals surface area contributed by atoms with Crippen LogP contribution in [0.15, 0.2) is 24.3 Å². The zero-order chi connectivity index (χ0) is 9.93. The summed E-state index contributed by atoms with van der Waals surface area (Å²) < 4.78 is 0. The number of fused-ring (bicyclic) bond motifs is 3. The molecule has 2 spiro atoms. The normalized spacial score (nSPS) is 28.5. The SMILES string of the molecule is c1ccc2c(c1)CCC1(CCC1)C21CC1. The van der Waals surface area contributed by atoms with Crippen LogP contribution in [0.25, 0.3) is 0 Å². The summed E-state index contributed by atoms with van der Waals surface area (Å²) in [5, 5.41) is 0. The summed E-state index contributed by atoms with van der Waals surface area (Å²) in [6.45, 7) is 0. The Bertz CT molecular complexity index is 408. The molecule has 2 saturated carbocycles. The zero-order valence-corrected chi connectivity index (χ0v) is 9.26. The van der Waals surface area contributed by atoms with Gasteiger partial charge in [0.05, 0.1) is 0 Å². The van der Waals surface area contributed by atoms with Crippen LogP contribution in [0.5, 0.6) is 0 Å². The summed E-state index contributed by atoms with van der Waals surface area (Å²) in [4.78, 5) is 0. The molecule has 3 aliphatic rings. The average molecular weight is 198 g/mol. The molecule has 0 heterocycles. The fraction of sp³-hybridized carbons (Fsp3) is 0.600. The number of aryl methyl sites for hydroxylation is 1. The highest BCUT2D eigenvalue weighted by Crippen LogP contribution is 2.71. The van der Waals surface area contributed by atoms with E-state index in [1.165, 1.54) is 44.9 Å². The van der Waals surface area contributed by atoms with Crippen LogP contribution in [0.1, 0.15) is 49.7 Å². The molecule has 0 heteroatoms. The van der Waals surface area contributed by atoms with Crippen LogP contribution in [0.2, 0.25) is 0 Å². The molecule has 0 radical (unpaired) electrons. The third-order valence-electron chi connectivity index (χ3n) is 5.48. The van der Waals surface area contributed by atoms with Gasteiger partial charge in [-0.3, -0.25) is 0 Å². The highest BCUT2D eigenvalue weighted by atomic mass is 14.7. The van der Waals surface area contributed by atoms with Crippen molar-refractivity contribution in [2.24, 2.45) is 5.41 Å². The molecule has 2 fully saturated rings. The molecule has 78 valence electrons. The summed E-state index contributed by atoms with van der Waals surface area (Å²) in [5.74, 6) is 0. The molecular weight excluding hydrogens is 180 g/mol. The molecule has 0 atom stereocenters. The molecule has 0 nitrogen and oxygen atoms in total. The van der Waals surface area contributed by atoms with Gasteiger partial charge >= 0.3 is 0 Å². The summed E-state index contributed by atoms with van der Waals surface area (Å²) in [7, 11) is 0. The van der Waals surface area contributed by atoms with Crippen LogP contribution in [0.3, 0.4) is 0 Å². The fourth-order valence-corrected chi connectivity index (χ4v) is 4.36. The topological polar surface area (TPSA) is 0 Å². The molecule has 0 aliphatic heterocycles. The van der Waals surface area contributed by atoms with E-state index in [0.717, 1.165) is 5.41 Å². The molecule has 4 rings (SSSR count). The van der Waals surface area contributed by atoms with Gasteiger partial charge in [-0.25, -0.2) is 0 Å². The lowest BCUT2D eigenvalue weighted by molar-refractivity contribution is 0.0555. The smallest absolute Gasteiger partial charge is 0.00129 e. The van der Waals surface area contributed by atoms with E-state index in [2.05, 4.69) is 24.3 Å². The molecule has 15 heavy (non-hydrogen) atoms. The van der Waals surface area contributed by atoms with Gasteiger partial charge in [-0.05, 0) is 55.1 Å². The van der Waals surface area contributed by atoms with E-state index in [4.69, 9.17) is 0 Å². The Balaban J connectivity index is 1.89. The lowest BCUT2D eigenvalue weighted by Crippen LogP contribution is -2.44. The van der Waals surface area contributed by atoms with E-state index in [1.807, 2.05) is 0 Å². The van der Waals surface area contributed by atoms with Gasteiger partial charge in [-0.1, -0.05) is 30.7 Å². The minimum absolute atomic E-state index is 0.653. The van der Waals surface area contributed by atoms with Crippen LogP contribution in [0, 0.1) is 5.41 Å². The second-order valence-electron chi connectivity index (χ2n) is 5.87. The maximum Gasteiger partial charge on any atom is 0.00129 e. The number of rotatable bonds is 0. The Morgan fingerprint density at radius 1 is 0.867 bits per heavy atom. The first-order valence-corrected chi connectivity index (χ1v) is 6.45. The highest BCUT2D eigenvalue weighted by Gasteiger charge is 2.63. The molecule has 1 aromatic carbocycles. The van der Waals surface area contributed by atoms with E-state index >= 15 is 0 Å². The third-order valence-corrected chi connectivity index (χ3v) is 5.48. The number of hydrogen-bond donors (Lipinski definition) is 0. The van der Waals surface area contributed by atoms with Crippen molar-refractivity contribution in [3.8, 4) is 0 Å². The van der Waals surface area contributed by atoms with Gasteiger partial charge in [0, 0.05) is 5.41 Å². The minimum atomic E-state index is 0.653. The van der Waals surface area contributed by atoms with E-state index < -0.39 is 0 Å². The van der Waals surface area contributed by atoms with E-state index in [1.54, 1.807) is 11.1 Å². The molecule has 1 aromatic rings. The zero-order valence-electron chi connectivity index (χ0n) is 9.26. The van der Waals surface area contributed by atoms with Crippen LogP contribution >= 0.6 is 0 Å². The van der Waals surface area contributed by atoms with Gasteiger partial charge in [-0.2, -0.15) is 0 Å². The number of hydrogen-bond acceptors (Lipinski definition) is 0. The highest BCUT2D eigenvalue weighted by molar-refractivity contribution is 5.44. The van der Waals surface area contributed by atoms with Crippen molar-refractivity contribution in [3.05, 3.63) is 35.4 Å². The third kappa shape index (κ3) is 0.851. The molecular formula is C15H18. The van der Waals surface area contributed by atoms with Crippen LogP contribution in [0.4, 0.5) is 0 Å². The van der Waals surface area contributed by atoms with Gasteiger partial charge in [0.1, 0.15) is 0 Å². The Morgan fingerprint density at radius 2 is 1.67 bits per heavy atom. The van der Waals surface area contributed by atoms with E-state index in [0.29, 0.717) is 5.41 Å². The van der Waals surface area contributed by atoms with Gasteiger partial charge in [0.15, 0.2) is 0 Å². The molecule has 0 saturated heterocycles. The molecule has 0 unspecified atom stereocenters. The van der Waals surface area contributed by atoms with Gasteiger partial charge in [0.25, 0.3) is 0 Å². The van der Waals surface area contributed by atoms with Gasteiger partial charge in [0.2, 0.25) is 0 Å². The Hall–Kier alpha value is -0.780. The predicted octanol–water partition coefficient (Wildman–Crippen LogP) is 3.83. The van der Waals surface area contributed by atoms with Gasteiger partial charge < -0.3 is 0 Å². The van der Waals surface area contributed by atoms with Crippen molar-refractivity contribution >= 4 is 0 Å². The Kier molecular flexibility index (Phi) is 1.39. The van der Waals surface area contributed by atoms with Crippen molar-refractivity contribution in [2.45, 2.75) is 50.4 Å². The quantitative estimate of drug-likeness (QED) is 0.594. The van der Waals surface area contributed by atoms with Crippen LogP contribution in [-0.2, 0) is 11.8 Å². The second kappa shape index (κ2) is 2.48. The molecule has 3 aliphatic carbocycles. The van der Waals surface area contributed by atoms with Crippen LogP contribution < -0.4 is 0 Å². The standard InChI is InChI=1S/C15H18/c1-2-5-13-12(4-1)6-9-14(7-3-8-14)15(13)10-11-15/h1-2,4-5H,3,6-11H2. The van der Waals surface area contributed by atoms with Crippen molar-refractivity contribution < 1.29 is 0 Å². The average Bonchev–Trinajstić information content (AvgIpc) is 2.98. The first-order valence-electron chi connectivity index (χ1n) is 6.45. The van der Waals surface area contributed by atoms with E-state index in [9.17, 15) is 0 Å².